The lowest BCUT2D eigenvalue weighted by atomic mass is 10.1. The first-order chi connectivity index (χ1) is 16.8. The van der Waals surface area contributed by atoms with E-state index in [9.17, 15) is 41.0 Å². The standard InChI is InChI=1S/C22H13F6N5O3/c23-21(24,25)12-7-13(22(26,27)28)9-15(8-12)32-20(36)31-14-3-1-2-11(6-14)17-4-5-29-18-16(19(34)35)10-30-33(17)18/h1-10H,(H,34,35)(H2,31,32,36). The van der Waals surface area contributed by atoms with Crippen molar-refractivity contribution in [3.05, 3.63) is 77.6 Å². The first kappa shape index (κ1) is 24.5. The van der Waals surface area contributed by atoms with Crippen molar-refractivity contribution in [1.82, 2.24) is 14.6 Å². The summed E-state index contributed by atoms with van der Waals surface area (Å²) in [4.78, 5) is 27.7. The Labute approximate surface area is 197 Å². The molecule has 0 fully saturated rings. The maximum absolute atomic E-state index is 13.0. The van der Waals surface area contributed by atoms with E-state index in [2.05, 4.69) is 15.4 Å². The molecule has 0 aliphatic rings. The van der Waals surface area contributed by atoms with E-state index in [1.165, 1.54) is 35.0 Å². The summed E-state index contributed by atoms with van der Waals surface area (Å²) in [6.45, 7) is 0. The average Bonchev–Trinajstić information content (AvgIpc) is 3.22. The van der Waals surface area contributed by atoms with Crippen LogP contribution in [-0.2, 0) is 12.4 Å². The van der Waals surface area contributed by atoms with Crippen molar-refractivity contribution in [1.29, 1.82) is 0 Å². The number of amides is 2. The summed E-state index contributed by atoms with van der Waals surface area (Å²) in [5.41, 5.74) is -2.91. The van der Waals surface area contributed by atoms with Crippen molar-refractivity contribution >= 4 is 29.0 Å². The van der Waals surface area contributed by atoms with Crippen LogP contribution in [0.1, 0.15) is 21.5 Å². The lowest BCUT2D eigenvalue weighted by Crippen LogP contribution is -2.20. The Morgan fingerprint density at radius 3 is 2.11 bits per heavy atom. The zero-order valence-electron chi connectivity index (χ0n) is 17.6. The number of rotatable bonds is 4. The van der Waals surface area contributed by atoms with E-state index in [1.54, 1.807) is 6.07 Å². The van der Waals surface area contributed by atoms with Crippen LogP contribution < -0.4 is 10.6 Å². The zero-order chi connectivity index (χ0) is 26.3. The molecule has 3 N–H and O–H groups in total. The summed E-state index contributed by atoms with van der Waals surface area (Å²) in [7, 11) is 0. The number of carboxylic acids is 1. The number of hydrogen-bond acceptors (Lipinski definition) is 4. The van der Waals surface area contributed by atoms with Crippen LogP contribution in [0.5, 0.6) is 0 Å². The second-order valence-corrected chi connectivity index (χ2v) is 7.38. The summed E-state index contributed by atoms with van der Waals surface area (Å²) in [6.07, 6.45) is -7.65. The van der Waals surface area contributed by atoms with Crippen LogP contribution in [0.2, 0.25) is 0 Å². The van der Waals surface area contributed by atoms with Crippen LogP contribution in [0.15, 0.2) is 60.9 Å². The molecule has 186 valence electrons. The number of aromatic nitrogens is 3. The predicted molar refractivity (Wildman–Crippen MR) is 114 cm³/mol. The number of hydrogen-bond donors (Lipinski definition) is 3. The van der Waals surface area contributed by atoms with Gasteiger partial charge in [-0.2, -0.15) is 31.4 Å². The third-order valence-corrected chi connectivity index (χ3v) is 4.89. The lowest BCUT2D eigenvalue weighted by Gasteiger charge is -2.15. The minimum Gasteiger partial charge on any atom is -0.477 e. The first-order valence-electron chi connectivity index (χ1n) is 9.87. The predicted octanol–water partition coefficient (Wildman–Crippen LogP) is 5.78. The number of carbonyl (C=O) groups is 2. The van der Waals surface area contributed by atoms with E-state index < -0.39 is 41.2 Å². The molecule has 0 atom stereocenters. The molecule has 14 heteroatoms. The summed E-state index contributed by atoms with van der Waals surface area (Å²) in [6, 6.07) is 7.18. The van der Waals surface area contributed by atoms with E-state index in [0.29, 0.717) is 23.4 Å². The van der Waals surface area contributed by atoms with Crippen molar-refractivity contribution in [3.8, 4) is 11.3 Å². The lowest BCUT2D eigenvalue weighted by molar-refractivity contribution is -0.143. The molecule has 0 aliphatic heterocycles. The number of carbonyl (C=O) groups excluding carboxylic acids is 1. The fourth-order valence-electron chi connectivity index (χ4n) is 3.34. The molecule has 2 heterocycles. The molecule has 0 radical (unpaired) electrons. The highest BCUT2D eigenvalue weighted by Gasteiger charge is 2.37. The molecule has 0 saturated heterocycles. The SMILES string of the molecule is O=C(Nc1cccc(-c2ccnc3c(C(=O)O)cnn23)c1)Nc1cc(C(F)(F)F)cc(C(F)(F)F)c1. The van der Waals surface area contributed by atoms with Gasteiger partial charge >= 0.3 is 24.4 Å². The first-order valence-corrected chi connectivity index (χ1v) is 9.87. The van der Waals surface area contributed by atoms with Gasteiger partial charge in [0.25, 0.3) is 0 Å². The Bertz CT molecular complexity index is 1450. The molecule has 0 aliphatic carbocycles. The van der Waals surface area contributed by atoms with Crippen molar-refractivity contribution in [2.24, 2.45) is 0 Å². The maximum atomic E-state index is 13.0. The minimum absolute atomic E-state index is 0.0485. The van der Waals surface area contributed by atoms with Gasteiger partial charge in [-0.25, -0.2) is 19.1 Å². The van der Waals surface area contributed by atoms with Crippen molar-refractivity contribution in [2.75, 3.05) is 10.6 Å². The van der Waals surface area contributed by atoms with Gasteiger partial charge in [0.2, 0.25) is 0 Å². The van der Waals surface area contributed by atoms with Gasteiger partial charge in [-0.15, -0.1) is 0 Å². The van der Waals surface area contributed by atoms with Crippen LogP contribution in [0.25, 0.3) is 16.9 Å². The van der Waals surface area contributed by atoms with Gasteiger partial charge in [0, 0.05) is 23.1 Å². The number of aromatic carboxylic acids is 1. The number of urea groups is 1. The summed E-state index contributed by atoms with van der Waals surface area (Å²) in [5.74, 6) is -1.23. The molecule has 2 aromatic heterocycles. The van der Waals surface area contributed by atoms with E-state index >= 15 is 0 Å². The molecule has 8 nitrogen and oxygen atoms in total. The van der Waals surface area contributed by atoms with Crippen LogP contribution in [0.3, 0.4) is 0 Å². The topological polar surface area (TPSA) is 109 Å². The number of nitrogens with zero attached hydrogens (tertiary/aromatic N) is 3. The highest BCUT2D eigenvalue weighted by molar-refractivity contribution is 6.00. The normalized spacial score (nSPS) is 11.9. The number of halogens is 6. The van der Waals surface area contributed by atoms with E-state index in [1.807, 2.05) is 5.32 Å². The Hall–Kier alpha value is -4.62. The number of benzene rings is 2. The van der Waals surface area contributed by atoms with Crippen molar-refractivity contribution in [3.63, 3.8) is 0 Å². The Balaban J connectivity index is 1.60. The quantitative estimate of drug-likeness (QED) is 0.303. The highest BCUT2D eigenvalue weighted by atomic mass is 19.4. The summed E-state index contributed by atoms with van der Waals surface area (Å²) in [5, 5.41) is 17.6. The minimum atomic E-state index is -5.06. The van der Waals surface area contributed by atoms with Gasteiger partial charge < -0.3 is 15.7 Å². The van der Waals surface area contributed by atoms with Gasteiger partial charge in [-0.1, -0.05) is 12.1 Å². The molecule has 2 amide bonds. The number of fused-ring (bicyclic) bond motifs is 1. The molecule has 36 heavy (non-hydrogen) atoms. The van der Waals surface area contributed by atoms with Gasteiger partial charge in [0.15, 0.2) is 5.65 Å². The zero-order valence-corrected chi connectivity index (χ0v) is 17.6. The van der Waals surface area contributed by atoms with Crippen molar-refractivity contribution in [2.45, 2.75) is 12.4 Å². The Kier molecular flexibility index (Phi) is 6.04. The fourth-order valence-corrected chi connectivity index (χ4v) is 3.34. The number of anilines is 2. The van der Waals surface area contributed by atoms with Crippen LogP contribution >= 0.6 is 0 Å². The third-order valence-electron chi connectivity index (χ3n) is 4.89. The average molecular weight is 509 g/mol. The number of carboxylic acid groups (broad SMARTS) is 1. The second-order valence-electron chi connectivity index (χ2n) is 7.38. The van der Waals surface area contributed by atoms with Gasteiger partial charge in [-0.05, 0) is 36.4 Å². The molecule has 4 rings (SSSR count). The number of alkyl halides is 6. The second kappa shape index (κ2) is 8.87. The maximum Gasteiger partial charge on any atom is 0.416 e. The van der Waals surface area contributed by atoms with Gasteiger partial charge in [0.05, 0.1) is 23.0 Å². The fraction of sp³-hybridized carbons (Fsp3) is 0.0909. The molecule has 4 aromatic rings. The summed E-state index contributed by atoms with van der Waals surface area (Å²) >= 11 is 0. The van der Waals surface area contributed by atoms with E-state index in [4.69, 9.17) is 0 Å². The van der Waals surface area contributed by atoms with Crippen molar-refractivity contribution < 1.29 is 41.0 Å². The Morgan fingerprint density at radius 2 is 1.50 bits per heavy atom. The molecule has 0 unspecified atom stereocenters. The van der Waals surface area contributed by atoms with Gasteiger partial charge in [-0.3, -0.25) is 0 Å². The van der Waals surface area contributed by atoms with Crippen LogP contribution in [0.4, 0.5) is 42.5 Å². The molecule has 2 aromatic carbocycles. The highest BCUT2D eigenvalue weighted by Crippen LogP contribution is 2.37. The van der Waals surface area contributed by atoms with E-state index in [-0.39, 0.29) is 23.0 Å². The van der Waals surface area contributed by atoms with E-state index in [0.717, 1.165) is 6.20 Å². The smallest absolute Gasteiger partial charge is 0.416 e. The Morgan fingerprint density at radius 1 is 0.861 bits per heavy atom. The molecular formula is C22H13F6N5O3. The number of nitrogens with one attached hydrogen (secondary N) is 2. The summed E-state index contributed by atoms with van der Waals surface area (Å²) < 4.78 is 79.5. The molecular weight excluding hydrogens is 496 g/mol. The molecule has 0 bridgehead atoms. The van der Waals surface area contributed by atoms with Gasteiger partial charge in [0.1, 0.15) is 5.56 Å². The van der Waals surface area contributed by atoms with Crippen LogP contribution in [-0.4, -0.2) is 31.7 Å². The monoisotopic (exact) mass is 509 g/mol. The molecule has 0 saturated carbocycles. The van der Waals surface area contributed by atoms with Crippen LogP contribution in [0, 0.1) is 0 Å². The largest absolute Gasteiger partial charge is 0.477 e. The molecule has 0 spiro atoms. The third kappa shape index (κ3) is 5.06.